The normalized spacial score (nSPS) is 12.1. The quantitative estimate of drug-likeness (QED) is 0.273. The molecule has 0 heterocycles. The zero-order valence-corrected chi connectivity index (χ0v) is 15.1. The number of nitrogens with zero attached hydrogens (tertiary/aromatic N) is 2. The number of amides is 2. The molecular weight excluding hydrogens is 334 g/mol. The van der Waals surface area contributed by atoms with E-state index < -0.39 is 23.6 Å². The third kappa shape index (κ3) is 5.40. The van der Waals surface area contributed by atoms with Crippen LogP contribution in [-0.4, -0.2) is 54.1 Å². The number of benzene rings is 1. The molecule has 2 amide bonds. The van der Waals surface area contributed by atoms with E-state index in [0.717, 1.165) is 10.5 Å². The molecule has 1 unspecified atom stereocenters. The first-order valence-electron chi connectivity index (χ1n) is 7.77. The molecule has 1 aromatic carbocycles. The van der Waals surface area contributed by atoms with Gasteiger partial charge in [-0.3, -0.25) is 24.6 Å². The first-order valence-corrected chi connectivity index (χ1v) is 7.77. The van der Waals surface area contributed by atoms with E-state index in [2.05, 4.69) is 16.8 Å². The summed E-state index contributed by atoms with van der Waals surface area (Å²) in [6, 6.07) is 5.04. The van der Waals surface area contributed by atoms with Gasteiger partial charge in [-0.2, -0.15) is 0 Å². The molecule has 0 saturated carbocycles. The van der Waals surface area contributed by atoms with Gasteiger partial charge in [-0.1, -0.05) is 17.9 Å². The zero-order valence-electron chi connectivity index (χ0n) is 15.1. The van der Waals surface area contributed by atoms with E-state index in [1.807, 2.05) is 13.0 Å². The molecule has 7 heteroatoms. The maximum atomic E-state index is 12.5. The number of rotatable bonds is 5. The van der Waals surface area contributed by atoms with Crippen molar-refractivity contribution in [1.82, 2.24) is 10.4 Å². The molecule has 0 aliphatic heterocycles. The molecule has 0 aliphatic carbocycles. The molecule has 0 radical (unpaired) electrons. The largest absolute Gasteiger partial charge is 0.323 e. The van der Waals surface area contributed by atoms with Crippen LogP contribution < -0.4 is 5.48 Å². The number of aliphatic imine (C=N–C) groups is 1. The van der Waals surface area contributed by atoms with Gasteiger partial charge in [0.25, 0.3) is 11.8 Å². The van der Waals surface area contributed by atoms with Crippen LogP contribution in [0.4, 0.5) is 0 Å². The average molecular weight is 355 g/mol. The summed E-state index contributed by atoms with van der Waals surface area (Å²) >= 11 is 0. The second-order valence-corrected chi connectivity index (χ2v) is 5.36. The van der Waals surface area contributed by atoms with Crippen molar-refractivity contribution in [3.05, 3.63) is 47.0 Å². The monoisotopic (exact) mass is 355 g/mol. The third-order valence-corrected chi connectivity index (χ3v) is 3.51. The minimum Gasteiger partial charge on any atom is -0.323 e. The van der Waals surface area contributed by atoms with Crippen molar-refractivity contribution in [3.63, 3.8) is 0 Å². The summed E-state index contributed by atoms with van der Waals surface area (Å²) in [5, 5.41) is 8.74. The van der Waals surface area contributed by atoms with Gasteiger partial charge in [-0.05, 0) is 38.1 Å². The Bertz CT molecular complexity index is 798. The van der Waals surface area contributed by atoms with Crippen molar-refractivity contribution in [1.29, 1.82) is 0 Å². The van der Waals surface area contributed by atoms with Crippen LogP contribution in [0.3, 0.4) is 0 Å². The topological polar surface area (TPSA) is 99.1 Å². The van der Waals surface area contributed by atoms with Gasteiger partial charge < -0.3 is 4.90 Å². The first kappa shape index (κ1) is 20.8. The van der Waals surface area contributed by atoms with E-state index in [1.165, 1.54) is 19.5 Å². The van der Waals surface area contributed by atoms with Crippen molar-refractivity contribution < 1.29 is 19.6 Å². The van der Waals surface area contributed by atoms with Crippen molar-refractivity contribution in [2.24, 2.45) is 4.99 Å². The molecule has 2 N–H and O–H groups in total. The summed E-state index contributed by atoms with van der Waals surface area (Å²) in [6.07, 6.45) is 3.48. The van der Waals surface area contributed by atoms with Crippen LogP contribution in [0.5, 0.6) is 0 Å². The highest BCUT2D eigenvalue weighted by molar-refractivity contribution is 6.08. The Labute approximate surface area is 152 Å². The minimum atomic E-state index is -1.41. The van der Waals surface area contributed by atoms with Crippen molar-refractivity contribution in [2.75, 3.05) is 14.1 Å². The van der Waals surface area contributed by atoms with Gasteiger partial charge in [0.15, 0.2) is 11.8 Å². The van der Waals surface area contributed by atoms with Gasteiger partial charge in [0.05, 0.1) is 0 Å². The van der Waals surface area contributed by atoms with Crippen LogP contribution in [0.15, 0.2) is 40.9 Å². The van der Waals surface area contributed by atoms with E-state index >= 15 is 0 Å². The third-order valence-electron chi connectivity index (χ3n) is 3.51. The molecule has 1 atom stereocenters. The number of nitrogens with one attached hydrogen (secondary N) is 1. The zero-order chi connectivity index (χ0) is 19.7. The van der Waals surface area contributed by atoms with E-state index in [0.29, 0.717) is 5.56 Å². The maximum absolute atomic E-state index is 12.5. The number of allylic oxidation sites excluding steroid dienone is 2. The van der Waals surface area contributed by atoms with Crippen LogP contribution in [0.25, 0.3) is 0 Å². The predicted molar refractivity (Wildman–Crippen MR) is 98.0 cm³/mol. The molecule has 0 aliphatic rings. The van der Waals surface area contributed by atoms with Gasteiger partial charge in [-0.15, -0.1) is 0 Å². The lowest BCUT2D eigenvalue weighted by Crippen LogP contribution is -2.50. The lowest BCUT2D eigenvalue weighted by atomic mass is 10.1. The Balaban J connectivity index is 3.01. The average Bonchev–Trinajstić information content (AvgIpc) is 2.64. The molecule has 0 saturated heterocycles. The second kappa shape index (κ2) is 9.91. The number of hydrogen-bond donors (Lipinski definition) is 2. The number of carbonyl (C=O) groups is 3. The van der Waals surface area contributed by atoms with Crippen LogP contribution in [0, 0.1) is 11.8 Å². The number of hydroxylamine groups is 1. The molecule has 1 aromatic rings. The summed E-state index contributed by atoms with van der Waals surface area (Å²) in [5.41, 5.74) is 3.15. The highest BCUT2D eigenvalue weighted by Gasteiger charge is 2.31. The second-order valence-electron chi connectivity index (χ2n) is 5.36. The number of hydrogen-bond acceptors (Lipinski definition) is 5. The lowest BCUT2D eigenvalue weighted by molar-refractivity contribution is -0.139. The lowest BCUT2D eigenvalue weighted by Gasteiger charge is -2.24. The molecular formula is C19H21N3O4. The number of Topliss-reactive ketones (excluding diaryl/α,β-unsaturated/α-hetero) is 1. The fourth-order valence-corrected chi connectivity index (χ4v) is 2.17. The number of likely N-dealkylation sites (N-methyl/N-ethyl adjacent to an activating group) is 1. The maximum Gasteiger partial charge on any atom is 0.273 e. The first-order chi connectivity index (χ1) is 12.3. The molecule has 26 heavy (non-hydrogen) atoms. The standard InChI is InChI=1S/C19H21N3O4/c1-5-14(12-20-3)6-7-15-8-10-16(11-9-15)19(25)22(4)17(13(2)23)18(24)21-26/h5,8-12,17,26H,1-4H3,(H,21,24)/b14-5-,20-12?. The van der Waals surface area contributed by atoms with E-state index in [9.17, 15) is 14.4 Å². The SMILES string of the molecule is C/C=C(/C#Cc1ccc(C(=O)N(C)C(C(C)=O)C(=O)NO)cc1)C=NC. The van der Waals surface area contributed by atoms with Crippen molar-refractivity contribution in [3.8, 4) is 11.8 Å². The fourth-order valence-electron chi connectivity index (χ4n) is 2.17. The highest BCUT2D eigenvalue weighted by Crippen LogP contribution is 2.10. The van der Waals surface area contributed by atoms with Gasteiger partial charge in [0.1, 0.15) is 0 Å². The van der Waals surface area contributed by atoms with Crippen LogP contribution >= 0.6 is 0 Å². The van der Waals surface area contributed by atoms with E-state index in [4.69, 9.17) is 5.21 Å². The fraction of sp³-hybridized carbons (Fsp3) is 0.263. The minimum absolute atomic E-state index is 0.288. The molecule has 0 bridgehead atoms. The highest BCUT2D eigenvalue weighted by atomic mass is 16.5. The van der Waals surface area contributed by atoms with Crippen molar-refractivity contribution in [2.45, 2.75) is 19.9 Å². The molecule has 7 nitrogen and oxygen atoms in total. The summed E-state index contributed by atoms with van der Waals surface area (Å²) in [6.45, 7) is 3.03. The Kier molecular flexibility index (Phi) is 7.93. The van der Waals surface area contributed by atoms with E-state index in [-0.39, 0.29) is 5.56 Å². The van der Waals surface area contributed by atoms with E-state index in [1.54, 1.807) is 37.5 Å². The molecule has 1 rings (SSSR count). The Morgan fingerprint density at radius 3 is 2.35 bits per heavy atom. The summed E-state index contributed by atoms with van der Waals surface area (Å²) < 4.78 is 0. The Morgan fingerprint density at radius 2 is 1.88 bits per heavy atom. The van der Waals surface area contributed by atoms with Crippen molar-refractivity contribution >= 4 is 23.8 Å². The van der Waals surface area contributed by atoms with Crippen LogP contribution in [0.1, 0.15) is 29.8 Å². The Morgan fingerprint density at radius 1 is 1.27 bits per heavy atom. The summed E-state index contributed by atoms with van der Waals surface area (Å²) in [4.78, 5) is 40.6. The van der Waals surface area contributed by atoms with Gasteiger partial charge in [0.2, 0.25) is 0 Å². The number of carbonyl (C=O) groups excluding carboxylic acids is 3. The molecule has 0 fully saturated rings. The van der Waals surface area contributed by atoms with Gasteiger partial charge >= 0.3 is 0 Å². The molecule has 0 spiro atoms. The molecule has 0 aromatic heterocycles. The van der Waals surface area contributed by atoms with Gasteiger partial charge in [-0.25, -0.2) is 5.48 Å². The van der Waals surface area contributed by atoms with Crippen LogP contribution in [-0.2, 0) is 9.59 Å². The van der Waals surface area contributed by atoms with Gasteiger partial charge in [0, 0.05) is 37.0 Å². The summed E-state index contributed by atoms with van der Waals surface area (Å²) in [7, 11) is 2.98. The summed E-state index contributed by atoms with van der Waals surface area (Å²) in [5.74, 6) is 3.86. The predicted octanol–water partition coefficient (Wildman–Crippen LogP) is 1.22. The Hall–Kier alpha value is -3.24. The number of ketones is 1. The van der Waals surface area contributed by atoms with Crippen LogP contribution in [0.2, 0.25) is 0 Å². The molecule has 136 valence electrons. The smallest absolute Gasteiger partial charge is 0.273 e.